The highest BCUT2D eigenvalue weighted by Gasteiger charge is 2.33. The number of nitrogens with zero attached hydrogens (tertiary/aromatic N) is 3. The minimum Gasteiger partial charge on any atom is -0.374 e. The molecular formula is C21H20F3N5O2. The number of hydrogen-bond donors (Lipinski definition) is 2. The van der Waals surface area contributed by atoms with Crippen molar-refractivity contribution in [1.82, 2.24) is 19.9 Å². The number of pyridine rings is 3. The van der Waals surface area contributed by atoms with Crippen LogP contribution in [0.3, 0.4) is 0 Å². The fourth-order valence-corrected chi connectivity index (χ4v) is 2.81. The van der Waals surface area contributed by atoms with E-state index in [0.717, 1.165) is 4.57 Å². The number of alkyl halides is 2. The second-order valence-electron chi connectivity index (χ2n) is 6.76. The Morgan fingerprint density at radius 1 is 1.10 bits per heavy atom. The summed E-state index contributed by atoms with van der Waals surface area (Å²) in [5.41, 5.74) is -0.602. The van der Waals surface area contributed by atoms with E-state index in [-0.39, 0.29) is 24.5 Å². The van der Waals surface area contributed by atoms with Crippen LogP contribution in [0.4, 0.5) is 18.9 Å². The molecule has 10 heteroatoms. The molecule has 0 atom stereocenters. The lowest BCUT2D eigenvalue weighted by Gasteiger charge is -2.18. The molecule has 3 rings (SSSR count). The molecule has 0 radical (unpaired) electrons. The molecule has 0 saturated carbocycles. The number of rotatable bonds is 8. The Morgan fingerprint density at radius 3 is 2.58 bits per heavy atom. The molecule has 3 aromatic rings. The average Bonchev–Trinajstić information content (AvgIpc) is 2.76. The van der Waals surface area contributed by atoms with Gasteiger partial charge >= 0.3 is 5.92 Å². The summed E-state index contributed by atoms with van der Waals surface area (Å²) in [7, 11) is 0. The highest BCUT2D eigenvalue weighted by Crippen LogP contribution is 2.25. The summed E-state index contributed by atoms with van der Waals surface area (Å²) >= 11 is 0. The monoisotopic (exact) mass is 431 g/mol. The Balaban J connectivity index is 1.68. The van der Waals surface area contributed by atoms with E-state index in [4.69, 9.17) is 0 Å². The first-order valence-corrected chi connectivity index (χ1v) is 9.37. The van der Waals surface area contributed by atoms with E-state index in [1.807, 2.05) is 0 Å². The van der Waals surface area contributed by atoms with Crippen molar-refractivity contribution < 1.29 is 18.0 Å². The van der Waals surface area contributed by atoms with Crippen molar-refractivity contribution in [2.24, 2.45) is 0 Å². The second-order valence-corrected chi connectivity index (χ2v) is 6.76. The van der Waals surface area contributed by atoms with Crippen molar-refractivity contribution in [3.8, 4) is 0 Å². The Labute approximate surface area is 176 Å². The average molecular weight is 431 g/mol. The van der Waals surface area contributed by atoms with Crippen LogP contribution >= 0.6 is 0 Å². The minimum atomic E-state index is -3.30. The molecule has 162 valence electrons. The number of amides is 1. The van der Waals surface area contributed by atoms with Gasteiger partial charge in [0, 0.05) is 18.1 Å². The van der Waals surface area contributed by atoms with Gasteiger partial charge in [-0.2, -0.15) is 8.78 Å². The van der Waals surface area contributed by atoms with Crippen LogP contribution in [-0.4, -0.2) is 27.0 Å². The summed E-state index contributed by atoms with van der Waals surface area (Å²) in [6.45, 7) is 0.269. The first-order valence-electron chi connectivity index (χ1n) is 9.37. The van der Waals surface area contributed by atoms with Gasteiger partial charge < -0.3 is 15.2 Å². The van der Waals surface area contributed by atoms with Gasteiger partial charge in [-0.15, -0.1) is 0 Å². The molecule has 3 aromatic heterocycles. The maximum atomic E-state index is 14.3. The Bertz CT molecular complexity index is 1120. The number of aromatic nitrogens is 3. The van der Waals surface area contributed by atoms with Gasteiger partial charge in [-0.1, -0.05) is 6.07 Å². The van der Waals surface area contributed by atoms with Crippen LogP contribution in [0.15, 0.2) is 59.7 Å². The topological polar surface area (TPSA) is 88.9 Å². The van der Waals surface area contributed by atoms with E-state index in [1.54, 1.807) is 6.92 Å². The van der Waals surface area contributed by atoms with Gasteiger partial charge in [-0.25, -0.2) is 4.39 Å². The summed E-state index contributed by atoms with van der Waals surface area (Å²) in [5.74, 6) is -4.41. The molecule has 0 aliphatic carbocycles. The first kappa shape index (κ1) is 22.0. The third-order valence-electron chi connectivity index (χ3n) is 4.52. The van der Waals surface area contributed by atoms with Crippen molar-refractivity contribution >= 4 is 11.6 Å². The summed E-state index contributed by atoms with van der Waals surface area (Å²) in [6.07, 6.45) is 2.66. The molecule has 1 amide bonds. The van der Waals surface area contributed by atoms with Crippen molar-refractivity contribution in [3.05, 3.63) is 88.1 Å². The zero-order chi connectivity index (χ0) is 22.4. The van der Waals surface area contributed by atoms with E-state index < -0.39 is 35.4 Å². The minimum absolute atomic E-state index is 0.0621. The van der Waals surface area contributed by atoms with Gasteiger partial charge in [0.1, 0.15) is 23.7 Å². The lowest BCUT2D eigenvalue weighted by molar-refractivity contribution is -0.121. The van der Waals surface area contributed by atoms with E-state index in [1.165, 1.54) is 54.9 Å². The zero-order valence-electron chi connectivity index (χ0n) is 16.6. The van der Waals surface area contributed by atoms with Crippen LogP contribution in [0.1, 0.15) is 17.1 Å². The molecule has 3 heterocycles. The number of halogens is 3. The van der Waals surface area contributed by atoms with Crippen LogP contribution in [0.2, 0.25) is 0 Å². The number of aryl methyl sites for hydroxylation is 1. The maximum Gasteiger partial charge on any atom is 0.306 e. The molecule has 0 spiro atoms. The fraction of sp³-hybridized carbons (Fsp3) is 0.238. The van der Waals surface area contributed by atoms with Gasteiger partial charge in [0.05, 0.1) is 18.8 Å². The quantitative estimate of drug-likeness (QED) is 0.573. The highest BCUT2D eigenvalue weighted by atomic mass is 19.3. The van der Waals surface area contributed by atoms with Gasteiger partial charge in [-0.05, 0) is 43.3 Å². The number of anilines is 1. The molecule has 0 bridgehead atoms. The molecule has 0 aliphatic heterocycles. The smallest absolute Gasteiger partial charge is 0.306 e. The van der Waals surface area contributed by atoms with Gasteiger partial charge in [-0.3, -0.25) is 19.6 Å². The molecule has 0 aliphatic rings. The number of hydrogen-bond acceptors (Lipinski definition) is 5. The normalized spacial score (nSPS) is 11.2. The summed E-state index contributed by atoms with van der Waals surface area (Å²) in [4.78, 5) is 32.4. The lowest BCUT2D eigenvalue weighted by atomic mass is 10.2. The number of carbonyl (C=O) groups is 1. The predicted octanol–water partition coefficient (Wildman–Crippen LogP) is 2.61. The van der Waals surface area contributed by atoms with Crippen molar-refractivity contribution in [2.75, 3.05) is 11.9 Å². The molecule has 2 N–H and O–H groups in total. The molecular weight excluding hydrogens is 411 g/mol. The van der Waals surface area contributed by atoms with Crippen LogP contribution in [0.5, 0.6) is 0 Å². The molecule has 7 nitrogen and oxygen atoms in total. The zero-order valence-corrected chi connectivity index (χ0v) is 16.6. The fourth-order valence-electron chi connectivity index (χ4n) is 2.81. The largest absolute Gasteiger partial charge is 0.374 e. The van der Waals surface area contributed by atoms with E-state index >= 15 is 0 Å². The third-order valence-corrected chi connectivity index (χ3v) is 4.52. The molecule has 31 heavy (non-hydrogen) atoms. The van der Waals surface area contributed by atoms with Crippen LogP contribution < -0.4 is 16.2 Å². The predicted molar refractivity (Wildman–Crippen MR) is 108 cm³/mol. The summed E-state index contributed by atoms with van der Waals surface area (Å²) < 4.78 is 43.4. The van der Waals surface area contributed by atoms with Crippen molar-refractivity contribution in [2.45, 2.75) is 25.9 Å². The summed E-state index contributed by atoms with van der Waals surface area (Å²) in [5, 5.41) is 4.93. The standard InChI is InChI=1S/C21H20F3N5O2/c1-14-7-8-16(28-13-21(23,24)18-6-2-3-9-26-18)20(31)29(14)12-19(30)27-11-17-15(22)5-4-10-25-17/h2-10,28H,11-13H2,1H3,(H,27,30). The molecule has 0 saturated heterocycles. The maximum absolute atomic E-state index is 14.3. The number of carbonyl (C=O) groups excluding carboxylic acids is 1. The van der Waals surface area contributed by atoms with E-state index in [2.05, 4.69) is 20.6 Å². The Morgan fingerprint density at radius 2 is 1.87 bits per heavy atom. The Kier molecular flexibility index (Phi) is 6.68. The van der Waals surface area contributed by atoms with Gasteiger partial charge in [0.15, 0.2) is 0 Å². The summed E-state index contributed by atoms with van der Waals surface area (Å²) in [6, 6.07) is 9.74. The van der Waals surface area contributed by atoms with Crippen LogP contribution in [-0.2, 0) is 23.8 Å². The van der Waals surface area contributed by atoms with Gasteiger partial charge in [0.25, 0.3) is 5.56 Å². The van der Waals surface area contributed by atoms with Crippen LogP contribution in [0.25, 0.3) is 0 Å². The second kappa shape index (κ2) is 9.41. The van der Waals surface area contributed by atoms with Crippen molar-refractivity contribution in [3.63, 3.8) is 0 Å². The Hall–Kier alpha value is -3.69. The highest BCUT2D eigenvalue weighted by molar-refractivity contribution is 5.75. The molecule has 0 fully saturated rings. The van der Waals surface area contributed by atoms with Crippen molar-refractivity contribution in [1.29, 1.82) is 0 Å². The molecule has 0 aromatic carbocycles. The van der Waals surface area contributed by atoms with E-state index in [9.17, 15) is 22.8 Å². The van der Waals surface area contributed by atoms with E-state index in [0.29, 0.717) is 5.69 Å². The third kappa shape index (κ3) is 5.47. The van der Waals surface area contributed by atoms with Gasteiger partial charge in [0.2, 0.25) is 5.91 Å². The first-order chi connectivity index (χ1) is 14.8. The SMILES string of the molecule is Cc1ccc(NCC(F)(F)c2ccccn2)c(=O)n1CC(=O)NCc1ncccc1F. The number of nitrogens with one attached hydrogen (secondary N) is 2. The van der Waals surface area contributed by atoms with Crippen LogP contribution in [0, 0.1) is 12.7 Å². The lowest BCUT2D eigenvalue weighted by Crippen LogP contribution is -2.35. The molecule has 0 unspecified atom stereocenters.